The smallest absolute Gasteiger partial charge is 0.300 e. The molecular formula is C28H32N6O2. The molecule has 186 valence electrons. The van der Waals surface area contributed by atoms with Crippen LogP contribution >= 0.6 is 0 Å². The molecule has 2 aromatic rings. The predicted octanol–water partition coefficient (Wildman–Crippen LogP) is 3.19. The zero-order chi connectivity index (χ0) is 25.8. The van der Waals surface area contributed by atoms with E-state index in [0.717, 1.165) is 29.0 Å². The summed E-state index contributed by atoms with van der Waals surface area (Å²) in [4.78, 5) is 16.7. The highest BCUT2D eigenvalue weighted by molar-refractivity contribution is 5.99. The second-order valence-corrected chi connectivity index (χ2v) is 7.90. The van der Waals surface area contributed by atoms with Gasteiger partial charge < -0.3 is 26.9 Å². The Balaban J connectivity index is 1.78. The van der Waals surface area contributed by atoms with Crippen LogP contribution in [-0.2, 0) is 4.79 Å². The zero-order valence-corrected chi connectivity index (χ0v) is 20.5. The number of allylic oxidation sites excluding steroid dienone is 2. The molecule has 8 nitrogen and oxygen atoms in total. The Morgan fingerprint density at radius 1 is 1.17 bits per heavy atom. The van der Waals surface area contributed by atoms with Crippen LogP contribution in [0.15, 0.2) is 94.8 Å². The predicted molar refractivity (Wildman–Crippen MR) is 144 cm³/mol. The molecule has 0 radical (unpaired) electrons. The Kier molecular flexibility index (Phi) is 9.89. The maximum Gasteiger partial charge on any atom is 0.300 e. The van der Waals surface area contributed by atoms with Gasteiger partial charge in [-0.3, -0.25) is 9.79 Å². The average Bonchev–Trinajstić information content (AvgIpc) is 2.89. The number of hydrazine groups is 1. The summed E-state index contributed by atoms with van der Waals surface area (Å²) in [7, 11) is 1.74. The van der Waals surface area contributed by atoms with E-state index in [1.54, 1.807) is 14.0 Å². The molecule has 0 aromatic heterocycles. The van der Waals surface area contributed by atoms with Crippen LogP contribution < -0.4 is 32.4 Å². The van der Waals surface area contributed by atoms with Crippen molar-refractivity contribution in [3.63, 3.8) is 0 Å². The highest BCUT2D eigenvalue weighted by Crippen LogP contribution is 2.25. The minimum atomic E-state index is -0.532. The average molecular weight is 485 g/mol. The first kappa shape index (κ1) is 26.3. The number of para-hydroxylation sites is 1. The van der Waals surface area contributed by atoms with Crippen LogP contribution in [0.1, 0.15) is 31.4 Å². The lowest BCUT2D eigenvalue weighted by atomic mass is 9.99. The van der Waals surface area contributed by atoms with Gasteiger partial charge in [-0.1, -0.05) is 48.4 Å². The SMILES string of the molecule is CC#CC(=O)NC1=C(CN=C(NNC)/C(=C\N)C(N)c2ccc(Oc3ccccc3)cc2)C=CCC1. The number of ether oxygens (including phenoxy) is 1. The first-order chi connectivity index (χ1) is 17.5. The fourth-order valence-corrected chi connectivity index (χ4v) is 3.65. The summed E-state index contributed by atoms with van der Waals surface area (Å²) in [5.41, 5.74) is 21.7. The molecule has 0 heterocycles. The minimum absolute atomic E-state index is 0.323. The molecule has 3 rings (SSSR count). The Bertz CT molecular complexity index is 1220. The summed E-state index contributed by atoms with van der Waals surface area (Å²) in [5, 5.41) is 2.87. The number of amides is 1. The lowest BCUT2D eigenvalue weighted by Gasteiger charge is -2.20. The number of nitrogens with one attached hydrogen (secondary N) is 3. The number of rotatable bonds is 9. The zero-order valence-electron chi connectivity index (χ0n) is 20.5. The molecule has 7 N–H and O–H groups in total. The maximum atomic E-state index is 12.0. The van der Waals surface area contributed by atoms with Gasteiger partial charge in [0.05, 0.1) is 12.6 Å². The van der Waals surface area contributed by atoms with Gasteiger partial charge in [0.15, 0.2) is 0 Å². The summed E-state index contributed by atoms with van der Waals surface area (Å²) in [6.45, 7) is 1.95. The molecule has 1 aliphatic carbocycles. The molecule has 0 saturated carbocycles. The number of hydrogen-bond acceptors (Lipinski definition) is 6. The van der Waals surface area contributed by atoms with E-state index in [9.17, 15) is 4.79 Å². The van der Waals surface area contributed by atoms with Gasteiger partial charge in [-0.05, 0) is 61.1 Å². The Morgan fingerprint density at radius 2 is 1.89 bits per heavy atom. The Labute approximate surface area is 212 Å². The van der Waals surface area contributed by atoms with Crippen molar-refractivity contribution in [2.75, 3.05) is 13.6 Å². The van der Waals surface area contributed by atoms with Gasteiger partial charge in [0.25, 0.3) is 5.91 Å². The minimum Gasteiger partial charge on any atom is -0.457 e. The van der Waals surface area contributed by atoms with Crippen LogP contribution in [-0.4, -0.2) is 25.3 Å². The molecular weight excluding hydrogens is 452 g/mol. The van der Waals surface area contributed by atoms with E-state index < -0.39 is 6.04 Å². The molecule has 1 aliphatic rings. The number of carbonyl (C=O) groups excluding carboxylic acids is 1. The number of nitrogens with two attached hydrogens (primary N) is 2. The molecule has 1 unspecified atom stereocenters. The van der Waals surface area contributed by atoms with Crippen LogP contribution in [0.5, 0.6) is 11.5 Å². The highest BCUT2D eigenvalue weighted by Gasteiger charge is 2.18. The van der Waals surface area contributed by atoms with Crippen molar-refractivity contribution < 1.29 is 9.53 Å². The van der Waals surface area contributed by atoms with Crippen LogP contribution in [0, 0.1) is 11.8 Å². The summed E-state index contributed by atoms with van der Waals surface area (Å²) < 4.78 is 5.87. The van der Waals surface area contributed by atoms with E-state index in [4.69, 9.17) is 21.2 Å². The van der Waals surface area contributed by atoms with E-state index in [1.807, 2.05) is 60.7 Å². The van der Waals surface area contributed by atoms with Crippen LogP contribution in [0.2, 0.25) is 0 Å². The summed E-state index contributed by atoms with van der Waals surface area (Å²) in [6.07, 6.45) is 7.03. The number of amidine groups is 1. The summed E-state index contributed by atoms with van der Waals surface area (Å²) >= 11 is 0. The van der Waals surface area contributed by atoms with Gasteiger partial charge in [-0.25, -0.2) is 5.43 Å². The summed E-state index contributed by atoms with van der Waals surface area (Å²) in [5.74, 6) is 6.76. The summed E-state index contributed by atoms with van der Waals surface area (Å²) in [6, 6.07) is 16.6. The van der Waals surface area contributed by atoms with Gasteiger partial charge in [-0.15, -0.1) is 0 Å². The van der Waals surface area contributed by atoms with E-state index >= 15 is 0 Å². The lowest BCUT2D eigenvalue weighted by Crippen LogP contribution is -2.39. The first-order valence-electron chi connectivity index (χ1n) is 11.7. The Morgan fingerprint density at radius 3 is 2.56 bits per heavy atom. The molecule has 0 spiro atoms. The van der Waals surface area contributed by atoms with Gasteiger partial charge in [-0.2, -0.15) is 0 Å². The molecule has 2 aromatic carbocycles. The number of aliphatic imine (C=N–C) groups is 1. The van der Waals surface area contributed by atoms with Crippen molar-refractivity contribution in [2.24, 2.45) is 16.5 Å². The van der Waals surface area contributed by atoms with E-state index in [-0.39, 0.29) is 5.91 Å². The highest BCUT2D eigenvalue weighted by atomic mass is 16.5. The second kappa shape index (κ2) is 13.5. The molecule has 0 saturated heterocycles. The largest absolute Gasteiger partial charge is 0.457 e. The van der Waals surface area contributed by atoms with Gasteiger partial charge in [0, 0.05) is 24.5 Å². The van der Waals surface area contributed by atoms with Gasteiger partial charge >= 0.3 is 0 Å². The standard InChI is InChI=1S/C28H32N6O2/c1-3-9-26(35)33-25-13-8-7-10-21(25)19-32-28(34-31-2)24(18-29)27(30)20-14-16-23(17-15-20)36-22-11-5-4-6-12-22/h4-7,10-12,14-18,27,31H,8,13,19,29-30H2,1-2H3,(H,32,34)(H,33,35)/b24-18-. The van der Waals surface area contributed by atoms with Crippen molar-refractivity contribution in [1.29, 1.82) is 0 Å². The molecule has 8 heteroatoms. The molecule has 0 bridgehead atoms. The number of benzene rings is 2. The third-order valence-corrected chi connectivity index (χ3v) is 5.43. The number of hydrogen-bond donors (Lipinski definition) is 5. The monoisotopic (exact) mass is 484 g/mol. The normalized spacial score (nSPS) is 14.5. The number of nitrogens with zero attached hydrogens (tertiary/aromatic N) is 1. The third kappa shape index (κ3) is 7.34. The quantitative estimate of drug-likeness (QED) is 0.161. The van der Waals surface area contributed by atoms with Crippen molar-refractivity contribution in [3.05, 3.63) is 95.4 Å². The van der Waals surface area contributed by atoms with Crippen molar-refractivity contribution in [2.45, 2.75) is 25.8 Å². The van der Waals surface area contributed by atoms with Crippen molar-refractivity contribution >= 4 is 11.7 Å². The van der Waals surface area contributed by atoms with Crippen molar-refractivity contribution in [3.8, 4) is 23.3 Å². The van der Waals surface area contributed by atoms with Crippen molar-refractivity contribution in [1.82, 2.24) is 16.2 Å². The number of carbonyl (C=O) groups is 1. The maximum absolute atomic E-state index is 12.0. The van der Waals surface area contributed by atoms with E-state index in [2.05, 4.69) is 34.1 Å². The molecule has 1 amide bonds. The lowest BCUT2D eigenvalue weighted by molar-refractivity contribution is -0.115. The molecule has 1 atom stereocenters. The van der Waals surface area contributed by atoms with E-state index in [0.29, 0.717) is 30.1 Å². The van der Waals surface area contributed by atoms with Gasteiger partial charge in [0.1, 0.15) is 17.3 Å². The van der Waals surface area contributed by atoms with Gasteiger partial charge in [0.2, 0.25) is 0 Å². The van der Waals surface area contributed by atoms with E-state index in [1.165, 1.54) is 6.20 Å². The molecule has 0 aliphatic heterocycles. The fraction of sp³-hybridized carbons (Fsp3) is 0.214. The topological polar surface area (TPSA) is 127 Å². The first-order valence-corrected chi connectivity index (χ1v) is 11.7. The van der Waals surface area contributed by atoms with Crippen LogP contribution in [0.4, 0.5) is 0 Å². The molecule has 36 heavy (non-hydrogen) atoms. The fourth-order valence-electron chi connectivity index (χ4n) is 3.65. The van der Waals surface area contributed by atoms with Crippen LogP contribution in [0.3, 0.4) is 0 Å². The molecule has 0 fully saturated rings. The second-order valence-electron chi connectivity index (χ2n) is 7.90. The third-order valence-electron chi connectivity index (χ3n) is 5.43. The van der Waals surface area contributed by atoms with Crippen LogP contribution in [0.25, 0.3) is 0 Å². The Hall–Kier alpha value is -4.32.